The number of hydrogen-bond donors (Lipinski definition) is 0. The fourth-order valence-corrected chi connectivity index (χ4v) is 9.23. The number of rotatable bonds is 7. The maximum absolute atomic E-state index is 5.20. The van der Waals surface area contributed by atoms with Crippen LogP contribution in [0.4, 0.5) is 17.1 Å². The summed E-state index contributed by atoms with van der Waals surface area (Å²) >= 11 is 0. The fourth-order valence-electron chi connectivity index (χ4n) is 9.23. The molecule has 0 fully saturated rings. The number of fused-ring (bicyclic) bond motifs is 9. The molecule has 0 unspecified atom stereocenters. The van der Waals surface area contributed by atoms with Crippen LogP contribution in [0.5, 0.6) is 0 Å². The molecule has 0 N–H and O–H groups in total. The largest absolute Gasteiger partial charge is 0.311 e. The van der Waals surface area contributed by atoms with Crippen LogP contribution in [0, 0.1) is 0 Å². The molecule has 0 amide bonds. The molecule has 290 valence electrons. The van der Waals surface area contributed by atoms with E-state index in [1.807, 2.05) is 6.20 Å². The number of anilines is 3. The van der Waals surface area contributed by atoms with Crippen molar-refractivity contribution in [2.24, 2.45) is 0 Å². The van der Waals surface area contributed by atoms with Gasteiger partial charge >= 0.3 is 0 Å². The zero-order chi connectivity index (χ0) is 41.0. The molecule has 0 spiro atoms. The van der Waals surface area contributed by atoms with Gasteiger partial charge in [0, 0.05) is 49.9 Å². The van der Waals surface area contributed by atoms with E-state index in [1.165, 1.54) is 43.7 Å². The molecule has 12 aromatic rings. The third-order valence-electron chi connectivity index (χ3n) is 12.2. The van der Waals surface area contributed by atoms with Gasteiger partial charge in [0.2, 0.25) is 0 Å². The Morgan fingerprint density at radius 2 is 0.774 bits per heavy atom. The summed E-state index contributed by atoms with van der Waals surface area (Å²) < 4.78 is 2.36. The molecular formula is C58H38N4. The lowest BCUT2D eigenvalue weighted by Gasteiger charge is -2.26. The van der Waals surface area contributed by atoms with Crippen molar-refractivity contribution in [3.05, 3.63) is 231 Å². The lowest BCUT2D eigenvalue weighted by molar-refractivity contribution is 1.18. The first-order chi connectivity index (χ1) is 30.7. The predicted octanol–water partition coefficient (Wildman–Crippen LogP) is 15.5. The maximum Gasteiger partial charge on any atom is 0.0979 e. The molecule has 2 aromatic heterocycles. The Morgan fingerprint density at radius 1 is 0.323 bits per heavy atom. The lowest BCUT2D eigenvalue weighted by atomic mass is 9.99. The molecule has 2 heterocycles. The van der Waals surface area contributed by atoms with E-state index in [0.717, 1.165) is 66.9 Å². The van der Waals surface area contributed by atoms with E-state index < -0.39 is 0 Å². The van der Waals surface area contributed by atoms with Crippen LogP contribution in [0.15, 0.2) is 231 Å². The SMILES string of the molecule is c1ccc(N(c2ccc(-c3ccc(-c4cnc5c6ccccc6c6ccccc6c5n4)cc3)cc2)c2ccc(-c3ccc4c(c3)c3ccccc3n4-c3ccccc3)cc2)cc1. The number of benzene rings is 10. The molecule has 62 heavy (non-hydrogen) atoms. The van der Waals surface area contributed by atoms with Gasteiger partial charge in [-0.15, -0.1) is 0 Å². The van der Waals surface area contributed by atoms with Crippen LogP contribution in [0.1, 0.15) is 0 Å². The van der Waals surface area contributed by atoms with Crippen LogP contribution in [0.3, 0.4) is 0 Å². The summed E-state index contributed by atoms with van der Waals surface area (Å²) in [6.45, 7) is 0. The van der Waals surface area contributed by atoms with Crippen LogP contribution in [0.2, 0.25) is 0 Å². The number of aromatic nitrogens is 3. The van der Waals surface area contributed by atoms with Gasteiger partial charge in [-0.3, -0.25) is 4.98 Å². The second-order valence-electron chi connectivity index (χ2n) is 15.8. The van der Waals surface area contributed by atoms with Crippen LogP contribution in [-0.2, 0) is 0 Å². The summed E-state index contributed by atoms with van der Waals surface area (Å²) in [5.74, 6) is 0. The van der Waals surface area contributed by atoms with Gasteiger partial charge in [-0.05, 0) is 99.8 Å². The molecule has 0 aliphatic heterocycles. The van der Waals surface area contributed by atoms with Gasteiger partial charge in [0.05, 0.1) is 34.0 Å². The number of para-hydroxylation sites is 3. The van der Waals surface area contributed by atoms with E-state index in [-0.39, 0.29) is 0 Å². The Labute approximate surface area is 359 Å². The summed E-state index contributed by atoms with van der Waals surface area (Å²) in [4.78, 5) is 12.5. The van der Waals surface area contributed by atoms with Gasteiger partial charge in [0.25, 0.3) is 0 Å². The molecule has 0 aliphatic carbocycles. The molecule has 0 atom stereocenters. The van der Waals surface area contributed by atoms with Crippen molar-refractivity contribution in [2.75, 3.05) is 4.90 Å². The summed E-state index contributed by atoms with van der Waals surface area (Å²) in [6, 6.07) is 80.2. The van der Waals surface area contributed by atoms with Crippen LogP contribution in [0.25, 0.3) is 93.6 Å². The third-order valence-corrected chi connectivity index (χ3v) is 12.2. The monoisotopic (exact) mass is 790 g/mol. The minimum Gasteiger partial charge on any atom is -0.311 e. The van der Waals surface area contributed by atoms with E-state index in [0.29, 0.717) is 0 Å². The van der Waals surface area contributed by atoms with Gasteiger partial charge in [0.1, 0.15) is 0 Å². The Hall–Kier alpha value is -8.34. The predicted molar refractivity (Wildman–Crippen MR) is 260 cm³/mol. The van der Waals surface area contributed by atoms with Crippen molar-refractivity contribution in [1.29, 1.82) is 0 Å². The Kier molecular flexibility index (Phi) is 8.46. The first kappa shape index (κ1) is 35.6. The van der Waals surface area contributed by atoms with Crippen molar-refractivity contribution in [2.45, 2.75) is 0 Å². The highest BCUT2D eigenvalue weighted by atomic mass is 15.1. The first-order valence-corrected chi connectivity index (χ1v) is 21.1. The van der Waals surface area contributed by atoms with E-state index in [9.17, 15) is 0 Å². The highest BCUT2D eigenvalue weighted by Crippen LogP contribution is 2.39. The average Bonchev–Trinajstić information content (AvgIpc) is 3.69. The normalized spacial score (nSPS) is 11.5. The van der Waals surface area contributed by atoms with Crippen LogP contribution >= 0.6 is 0 Å². The smallest absolute Gasteiger partial charge is 0.0979 e. The van der Waals surface area contributed by atoms with Crippen LogP contribution in [-0.4, -0.2) is 14.5 Å². The summed E-state index contributed by atoms with van der Waals surface area (Å²) in [5.41, 5.74) is 15.3. The fraction of sp³-hybridized carbons (Fsp3) is 0. The molecule has 4 heteroatoms. The van der Waals surface area contributed by atoms with Crippen molar-refractivity contribution in [3.8, 4) is 39.2 Å². The molecule has 10 aromatic carbocycles. The zero-order valence-electron chi connectivity index (χ0n) is 33.7. The van der Waals surface area contributed by atoms with E-state index >= 15 is 0 Å². The van der Waals surface area contributed by atoms with Gasteiger partial charge in [-0.1, -0.05) is 158 Å². The topological polar surface area (TPSA) is 34.0 Å². The van der Waals surface area contributed by atoms with Crippen molar-refractivity contribution >= 4 is 71.4 Å². The van der Waals surface area contributed by atoms with E-state index in [1.54, 1.807) is 0 Å². The minimum absolute atomic E-state index is 0.862. The minimum atomic E-state index is 0.862. The first-order valence-electron chi connectivity index (χ1n) is 21.1. The summed E-state index contributed by atoms with van der Waals surface area (Å²) in [6.07, 6.45) is 1.91. The molecule has 0 radical (unpaired) electrons. The Bertz CT molecular complexity index is 3560. The molecule has 4 nitrogen and oxygen atoms in total. The third kappa shape index (κ3) is 6.00. The summed E-state index contributed by atoms with van der Waals surface area (Å²) in [5, 5.41) is 7.14. The van der Waals surface area contributed by atoms with Gasteiger partial charge < -0.3 is 9.47 Å². The zero-order valence-corrected chi connectivity index (χ0v) is 33.7. The van der Waals surface area contributed by atoms with Crippen molar-refractivity contribution in [3.63, 3.8) is 0 Å². The maximum atomic E-state index is 5.20. The molecule has 0 aliphatic rings. The van der Waals surface area contributed by atoms with Gasteiger partial charge in [-0.2, -0.15) is 0 Å². The van der Waals surface area contributed by atoms with Crippen LogP contribution < -0.4 is 4.90 Å². The van der Waals surface area contributed by atoms with Crippen molar-refractivity contribution in [1.82, 2.24) is 14.5 Å². The Morgan fingerprint density at radius 3 is 1.42 bits per heavy atom. The molecule has 12 rings (SSSR count). The Balaban J connectivity index is 0.846. The average molecular weight is 791 g/mol. The lowest BCUT2D eigenvalue weighted by Crippen LogP contribution is -2.09. The quantitative estimate of drug-likeness (QED) is 0.151. The summed E-state index contributed by atoms with van der Waals surface area (Å²) in [7, 11) is 0. The van der Waals surface area contributed by atoms with Gasteiger partial charge in [-0.25, -0.2) is 4.98 Å². The second-order valence-corrected chi connectivity index (χ2v) is 15.8. The number of nitrogens with zero attached hydrogens (tertiary/aromatic N) is 4. The van der Waals surface area contributed by atoms with Gasteiger partial charge in [0.15, 0.2) is 0 Å². The molecule has 0 bridgehead atoms. The highest BCUT2D eigenvalue weighted by Gasteiger charge is 2.16. The van der Waals surface area contributed by atoms with E-state index in [4.69, 9.17) is 9.97 Å². The molecule has 0 saturated heterocycles. The standard InChI is InChI=1S/C58H38N4/c1-3-13-44(14-4-1)61(47-34-29-41(30-35-47)43-31-36-56-53(37-43)50-19-11-12-22-55(50)62(56)45-15-5-2-6-16-45)46-32-27-40(28-33-46)39-23-25-42(26-24-39)54-38-59-57-51-20-9-7-17-48(51)49-18-8-10-21-52(49)58(57)60-54/h1-38H. The highest BCUT2D eigenvalue weighted by molar-refractivity contribution is 6.23. The molecule has 0 saturated carbocycles. The number of hydrogen-bond acceptors (Lipinski definition) is 3. The molecular weight excluding hydrogens is 753 g/mol. The van der Waals surface area contributed by atoms with Crippen molar-refractivity contribution < 1.29 is 0 Å². The second kappa shape index (κ2) is 14.7. The van der Waals surface area contributed by atoms with E-state index in [2.05, 4.69) is 234 Å².